The van der Waals surface area contributed by atoms with Crippen molar-refractivity contribution in [1.29, 1.82) is 0 Å². The molecule has 1 aliphatic rings. The molecule has 110 valence electrons. The van der Waals surface area contributed by atoms with Gasteiger partial charge in [0.25, 0.3) is 0 Å². The first-order chi connectivity index (χ1) is 10.2. The van der Waals surface area contributed by atoms with Crippen LogP contribution in [0.25, 0.3) is 0 Å². The molecule has 0 spiro atoms. The number of nitrogens with zero attached hydrogens (tertiary/aromatic N) is 3. The average molecular weight is 286 g/mol. The summed E-state index contributed by atoms with van der Waals surface area (Å²) in [5.74, 6) is 0.146. The summed E-state index contributed by atoms with van der Waals surface area (Å²) in [6, 6.07) is 9.04. The van der Waals surface area contributed by atoms with E-state index in [2.05, 4.69) is 14.9 Å². The first-order valence-corrected chi connectivity index (χ1v) is 7.30. The van der Waals surface area contributed by atoms with Gasteiger partial charge in [0.2, 0.25) is 5.95 Å². The number of benzene rings is 1. The number of likely N-dealkylation sites (tertiary alicyclic amines) is 1. The van der Waals surface area contributed by atoms with Crippen LogP contribution in [0, 0.1) is 5.82 Å². The van der Waals surface area contributed by atoms with Gasteiger partial charge in [-0.15, -0.1) is 0 Å². The largest absolute Gasteiger partial charge is 0.368 e. The zero-order chi connectivity index (χ0) is 14.7. The van der Waals surface area contributed by atoms with Crippen molar-refractivity contribution in [2.24, 2.45) is 0 Å². The van der Waals surface area contributed by atoms with Gasteiger partial charge in [-0.2, -0.15) is 0 Å². The first-order valence-electron chi connectivity index (χ1n) is 7.30. The number of nitrogens with two attached hydrogens (primary N) is 1. The van der Waals surface area contributed by atoms with E-state index in [0.717, 1.165) is 37.1 Å². The van der Waals surface area contributed by atoms with Crippen LogP contribution in [0.4, 0.5) is 10.3 Å². The summed E-state index contributed by atoms with van der Waals surface area (Å²) in [7, 11) is 0. The maximum Gasteiger partial charge on any atom is 0.220 e. The predicted octanol–water partition coefficient (Wildman–Crippen LogP) is 2.93. The van der Waals surface area contributed by atoms with Crippen molar-refractivity contribution < 1.29 is 4.39 Å². The summed E-state index contributed by atoms with van der Waals surface area (Å²) in [6.45, 7) is 1.55. The maximum atomic E-state index is 13.9. The number of piperidine rings is 1. The average Bonchev–Trinajstić information content (AvgIpc) is 2.50. The summed E-state index contributed by atoms with van der Waals surface area (Å²) < 4.78 is 13.9. The smallest absolute Gasteiger partial charge is 0.220 e. The Morgan fingerprint density at radius 3 is 2.90 bits per heavy atom. The summed E-state index contributed by atoms with van der Waals surface area (Å²) in [5, 5.41) is 0. The van der Waals surface area contributed by atoms with Crippen LogP contribution < -0.4 is 5.73 Å². The number of anilines is 1. The number of halogens is 1. The van der Waals surface area contributed by atoms with Crippen LogP contribution in [-0.2, 0) is 6.54 Å². The molecule has 1 aliphatic heterocycles. The van der Waals surface area contributed by atoms with Gasteiger partial charge in [0, 0.05) is 18.3 Å². The lowest BCUT2D eigenvalue weighted by atomic mass is 9.98. The number of nitrogen functional groups attached to an aromatic ring is 1. The second-order valence-electron chi connectivity index (χ2n) is 5.41. The molecule has 0 saturated carbocycles. The molecule has 1 aromatic carbocycles. The Bertz CT molecular complexity index is 617. The molecule has 1 fully saturated rings. The topological polar surface area (TPSA) is 55.0 Å². The number of aromatic nitrogens is 2. The van der Waals surface area contributed by atoms with Crippen LogP contribution in [-0.4, -0.2) is 21.4 Å². The van der Waals surface area contributed by atoms with Crippen LogP contribution in [0.5, 0.6) is 0 Å². The monoisotopic (exact) mass is 286 g/mol. The third-order valence-corrected chi connectivity index (χ3v) is 3.98. The summed E-state index contributed by atoms with van der Waals surface area (Å²) in [5.41, 5.74) is 7.34. The molecular weight excluding hydrogens is 267 g/mol. The summed E-state index contributed by atoms with van der Waals surface area (Å²) in [4.78, 5) is 10.6. The molecular formula is C16H19FN4. The number of hydrogen-bond acceptors (Lipinski definition) is 4. The molecule has 1 atom stereocenters. The van der Waals surface area contributed by atoms with Crippen molar-refractivity contribution in [3.05, 3.63) is 53.6 Å². The molecule has 5 heteroatoms. The lowest BCUT2D eigenvalue weighted by molar-refractivity contribution is 0.135. The minimum atomic E-state index is -0.149. The molecule has 0 amide bonds. The minimum Gasteiger partial charge on any atom is -0.368 e. The fourth-order valence-corrected chi connectivity index (χ4v) is 2.93. The van der Waals surface area contributed by atoms with Gasteiger partial charge >= 0.3 is 0 Å². The van der Waals surface area contributed by atoms with Gasteiger partial charge in [0.05, 0.1) is 11.7 Å². The molecule has 0 bridgehead atoms. The molecule has 1 aromatic heterocycles. The second-order valence-corrected chi connectivity index (χ2v) is 5.41. The zero-order valence-electron chi connectivity index (χ0n) is 11.9. The van der Waals surface area contributed by atoms with Gasteiger partial charge in [-0.25, -0.2) is 14.4 Å². The number of rotatable bonds is 3. The SMILES string of the molecule is Nc1nccc(C2CCCCN2Cc2ccccc2F)n1. The first kappa shape index (κ1) is 13.9. The van der Waals surface area contributed by atoms with Crippen molar-refractivity contribution in [3.8, 4) is 0 Å². The highest BCUT2D eigenvalue weighted by Gasteiger charge is 2.25. The highest BCUT2D eigenvalue weighted by Crippen LogP contribution is 2.31. The van der Waals surface area contributed by atoms with Gasteiger partial charge in [-0.05, 0) is 31.5 Å². The lowest BCUT2D eigenvalue weighted by Crippen LogP contribution is -2.33. The van der Waals surface area contributed by atoms with Crippen LogP contribution >= 0.6 is 0 Å². The Morgan fingerprint density at radius 1 is 1.24 bits per heavy atom. The van der Waals surface area contributed by atoms with Gasteiger partial charge in [0.1, 0.15) is 5.82 Å². The molecule has 1 unspecified atom stereocenters. The Morgan fingerprint density at radius 2 is 2.10 bits per heavy atom. The fraction of sp³-hybridized carbons (Fsp3) is 0.375. The quantitative estimate of drug-likeness (QED) is 0.942. The van der Waals surface area contributed by atoms with E-state index in [9.17, 15) is 4.39 Å². The Balaban J connectivity index is 1.83. The molecule has 2 aromatic rings. The van der Waals surface area contributed by atoms with Crippen LogP contribution in [0.15, 0.2) is 36.5 Å². The molecule has 2 heterocycles. The van der Waals surface area contributed by atoms with Crippen molar-refractivity contribution >= 4 is 5.95 Å². The zero-order valence-corrected chi connectivity index (χ0v) is 11.9. The van der Waals surface area contributed by atoms with Gasteiger partial charge in [-0.3, -0.25) is 4.90 Å². The van der Waals surface area contributed by atoms with Gasteiger partial charge in [-0.1, -0.05) is 24.6 Å². The molecule has 2 N–H and O–H groups in total. The Hall–Kier alpha value is -2.01. The van der Waals surface area contributed by atoms with E-state index in [4.69, 9.17) is 5.73 Å². The molecule has 3 rings (SSSR count). The predicted molar refractivity (Wildman–Crippen MR) is 79.8 cm³/mol. The van der Waals surface area contributed by atoms with E-state index < -0.39 is 0 Å². The van der Waals surface area contributed by atoms with Crippen molar-refractivity contribution in [1.82, 2.24) is 14.9 Å². The number of hydrogen-bond donors (Lipinski definition) is 1. The molecule has 4 nitrogen and oxygen atoms in total. The van der Waals surface area contributed by atoms with Crippen molar-refractivity contribution in [2.45, 2.75) is 31.8 Å². The van der Waals surface area contributed by atoms with Crippen molar-refractivity contribution in [3.63, 3.8) is 0 Å². The molecule has 0 aliphatic carbocycles. The summed E-state index contributed by atoms with van der Waals surface area (Å²) >= 11 is 0. The van der Waals surface area contributed by atoms with E-state index in [1.165, 1.54) is 6.07 Å². The van der Waals surface area contributed by atoms with E-state index in [1.807, 2.05) is 18.2 Å². The summed E-state index contributed by atoms with van der Waals surface area (Å²) in [6.07, 6.45) is 4.99. The third-order valence-electron chi connectivity index (χ3n) is 3.98. The van der Waals surface area contributed by atoms with Crippen LogP contribution in [0.1, 0.15) is 36.6 Å². The lowest BCUT2D eigenvalue weighted by Gasteiger charge is -2.35. The third kappa shape index (κ3) is 3.19. The normalized spacial score (nSPS) is 19.6. The second kappa shape index (κ2) is 6.18. The van der Waals surface area contributed by atoms with E-state index >= 15 is 0 Å². The van der Waals surface area contributed by atoms with Gasteiger partial charge in [0.15, 0.2) is 0 Å². The Kier molecular flexibility index (Phi) is 4.10. The Labute approximate surface area is 123 Å². The van der Waals surface area contributed by atoms with Gasteiger partial charge < -0.3 is 5.73 Å². The highest BCUT2D eigenvalue weighted by atomic mass is 19.1. The van der Waals surface area contributed by atoms with E-state index in [0.29, 0.717) is 12.5 Å². The molecule has 21 heavy (non-hydrogen) atoms. The minimum absolute atomic E-state index is 0.149. The van der Waals surface area contributed by atoms with E-state index in [1.54, 1.807) is 12.3 Å². The van der Waals surface area contributed by atoms with Crippen molar-refractivity contribution in [2.75, 3.05) is 12.3 Å². The van der Waals surface area contributed by atoms with Crippen LogP contribution in [0.2, 0.25) is 0 Å². The standard InChI is InChI=1S/C16H19FN4/c17-13-6-2-1-5-12(13)11-21-10-4-3-7-15(21)14-8-9-19-16(18)20-14/h1-2,5-6,8-9,15H,3-4,7,10-11H2,(H2,18,19,20). The van der Waals surface area contributed by atoms with Crippen LogP contribution in [0.3, 0.4) is 0 Å². The maximum absolute atomic E-state index is 13.9. The molecule has 1 saturated heterocycles. The van der Waals surface area contributed by atoms with E-state index in [-0.39, 0.29) is 11.9 Å². The highest BCUT2D eigenvalue weighted by molar-refractivity contribution is 5.21. The molecule has 0 radical (unpaired) electrons. The fourth-order valence-electron chi connectivity index (χ4n) is 2.93.